The predicted molar refractivity (Wildman–Crippen MR) is 70.0 cm³/mol. The van der Waals surface area contributed by atoms with Crippen molar-refractivity contribution in [2.45, 2.75) is 40.0 Å². The number of rotatable bonds is 5. The van der Waals surface area contributed by atoms with Crippen molar-refractivity contribution >= 4 is 5.97 Å². The second-order valence-corrected chi connectivity index (χ2v) is 5.04. The molecule has 0 saturated heterocycles. The highest BCUT2D eigenvalue weighted by molar-refractivity contribution is 5.65. The summed E-state index contributed by atoms with van der Waals surface area (Å²) in [5.41, 5.74) is 2.59. The SMILES string of the molecule is CC(=O)OCC(C)c1ccc(CC(C)C)cc1. The predicted octanol–water partition coefficient (Wildman–Crippen LogP) is 3.55. The van der Waals surface area contributed by atoms with E-state index in [9.17, 15) is 4.79 Å². The van der Waals surface area contributed by atoms with Crippen molar-refractivity contribution in [3.8, 4) is 0 Å². The van der Waals surface area contributed by atoms with Crippen molar-refractivity contribution in [1.82, 2.24) is 0 Å². The molecule has 0 radical (unpaired) electrons. The molecule has 0 amide bonds. The first-order chi connectivity index (χ1) is 7.99. The molecule has 2 heteroatoms. The van der Waals surface area contributed by atoms with E-state index in [0.717, 1.165) is 6.42 Å². The van der Waals surface area contributed by atoms with E-state index >= 15 is 0 Å². The van der Waals surface area contributed by atoms with Gasteiger partial charge in [0.2, 0.25) is 0 Å². The monoisotopic (exact) mass is 234 g/mol. The van der Waals surface area contributed by atoms with E-state index in [4.69, 9.17) is 4.74 Å². The van der Waals surface area contributed by atoms with Gasteiger partial charge in [-0.2, -0.15) is 0 Å². The Bertz CT molecular complexity index is 352. The van der Waals surface area contributed by atoms with Gasteiger partial charge in [0.15, 0.2) is 0 Å². The van der Waals surface area contributed by atoms with E-state index < -0.39 is 0 Å². The molecule has 1 atom stereocenters. The van der Waals surface area contributed by atoms with Gasteiger partial charge in [0.05, 0.1) is 6.61 Å². The number of hydrogen-bond acceptors (Lipinski definition) is 2. The van der Waals surface area contributed by atoms with Gasteiger partial charge in [0.25, 0.3) is 0 Å². The summed E-state index contributed by atoms with van der Waals surface area (Å²) in [7, 11) is 0. The van der Waals surface area contributed by atoms with Crippen LogP contribution in [0.3, 0.4) is 0 Å². The largest absolute Gasteiger partial charge is 0.465 e. The van der Waals surface area contributed by atoms with Crippen molar-refractivity contribution in [3.05, 3.63) is 35.4 Å². The van der Waals surface area contributed by atoms with E-state index in [0.29, 0.717) is 12.5 Å². The molecule has 0 aromatic heterocycles. The highest BCUT2D eigenvalue weighted by atomic mass is 16.5. The maximum Gasteiger partial charge on any atom is 0.302 e. The fourth-order valence-corrected chi connectivity index (χ4v) is 1.79. The van der Waals surface area contributed by atoms with Gasteiger partial charge in [0, 0.05) is 12.8 Å². The van der Waals surface area contributed by atoms with Gasteiger partial charge in [-0.3, -0.25) is 4.79 Å². The van der Waals surface area contributed by atoms with Crippen LogP contribution in [0.1, 0.15) is 44.7 Å². The van der Waals surface area contributed by atoms with E-state index in [2.05, 4.69) is 45.0 Å². The molecular formula is C15H22O2. The zero-order chi connectivity index (χ0) is 12.8. The van der Waals surface area contributed by atoms with Gasteiger partial charge in [-0.1, -0.05) is 45.0 Å². The summed E-state index contributed by atoms with van der Waals surface area (Å²) in [6, 6.07) is 8.59. The second-order valence-electron chi connectivity index (χ2n) is 5.04. The van der Waals surface area contributed by atoms with E-state index in [-0.39, 0.29) is 11.9 Å². The van der Waals surface area contributed by atoms with Crippen molar-refractivity contribution in [3.63, 3.8) is 0 Å². The maximum absolute atomic E-state index is 10.7. The summed E-state index contributed by atoms with van der Waals surface area (Å²) in [4.78, 5) is 10.7. The molecule has 0 aliphatic carbocycles. The van der Waals surface area contributed by atoms with Crippen LogP contribution in [0.5, 0.6) is 0 Å². The molecule has 0 aliphatic heterocycles. The van der Waals surface area contributed by atoms with Gasteiger partial charge in [-0.15, -0.1) is 0 Å². The molecule has 1 rings (SSSR count). The third kappa shape index (κ3) is 5.03. The fourth-order valence-electron chi connectivity index (χ4n) is 1.79. The molecule has 0 fully saturated rings. The van der Waals surface area contributed by atoms with Crippen LogP contribution in [-0.2, 0) is 16.0 Å². The Hall–Kier alpha value is -1.31. The summed E-state index contributed by atoms with van der Waals surface area (Å²) >= 11 is 0. The smallest absolute Gasteiger partial charge is 0.302 e. The second kappa shape index (κ2) is 6.43. The number of esters is 1. The zero-order valence-electron chi connectivity index (χ0n) is 11.2. The van der Waals surface area contributed by atoms with Gasteiger partial charge >= 0.3 is 5.97 Å². The molecule has 1 aromatic carbocycles. The summed E-state index contributed by atoms with van der Waals surface area (Å²) in [6.07, 6.45) is 1.11. The molecule has 0 N–H and O–H groups in total. The van der Waals surface area contributed by atoms with E-state index in [1.165, 1.54) is 18.1 Å². The van der Waals surface area contributed by atoms with Crippen LogP contribution < -0.4 is 0 Å². The Morgan fingerprint density at radius 1 is 1.18 bits per heavy atom. The van der Waals surface area contributed by atoms with E-state index in [1.54, 1.807) is 0 Å². The molecule has 94 valence electrons. The van der Waals surface area contributed by atoms with Crippen LogP contribution in [-0.4, -0.2) is 12.6 Å². The maximum atomic E-state index is 10.7. The van der Waals surface area contributed by atoms with Crippen LogP contribution >= 0.6 is 0 Å². The Balaban J connectivity index is 2.57. The molecule has 1 unspecified atom stereocenters. The lowest BCUT2D eigenvalue weighted by molar-refractivity contribution is -0.141. The fraction of sp³-hybridized carbons (Fsp3) is 0.533. The third-order valence-corrected chi connectivity index (χ3v) is 2.73. The first kappa shape index (κ1) is 13.8. The minimum atomic E-state index is -0.215. The molecule has 0 spiro atoms. The minimum absolute atomic E-state index is 0.215. The number of hydrogen-bond donors (Lipinski definition) is 0. The number of ether oxygens (including phenoxy) is 1. The van der Waals surface area contributed by atoms with E-state index in [1.807, 2.05) is 0 Å². The lowest BCUT2D eigenvalue weighted by Crippen LogP contribution is -2.08. The first-order valence-electron chi connectivity index (χ1n) is 6.21. The van der Waals surface area contributed by atoms with Crippen molar-refractivity contribution in [2.75, 3.05) is 6.61 Å². The van der Waals surface area contributed by atoms with Crippen molar-refractivity contribution in [1.29, 1.82) is 0 Å². The quantitative estimate of drug-likeness (QED) is 0.728. The Morgan fingerprint density at radius 2 is 1.76 bits per heavy atom. The van der Waals surface area contributed by atoms with Gasteiger partial charge in [0.1, 0.15) is 0 Å². The molecular weight excluding hydrogens is 212 g/mol. The first-order valence-corrected chi connectivity index (χ1v) is 6.21. The summed E-state index contributed by atoms with van der Waals surface area (Å²) in [5, 5.41) is 0. The Morgan fingerprint density at radius 3 is 2.24 bits per heavy atom. The zero-order valence-corrected chi connectivity index (χ0v) is 11.2. The Kier molecular flexibility index (Phi) is 5.20. The van der Waals surface area contributed by atoms with Crippen molar-refractivity contribution in [2.24, 2.45) is 5.92 Å². The highest BCUT2D eigenvalue weighted by Gasteiger charge is 2.07. The standard InChI is InChI=1S/C15H22O2/c1-11(2)9-14-5-7-15(8-6-14)12(3)10-17-13(4)16/h5-8,11-12H,9-10H2,1-4H3. The summed E-state index contributed by atoms with van der Waals surface area (Å²) < 4.78 is 5.01. The lowest BCUT2D eigenvalue weighted by Gasteiger charge is -2.12. The minimum Gasteiger partial charge on any atom is -0.465 e. The van der Waals surface area contributed by atoms with Crippen LogP contribution in [0.25, 0.3) is 0 Å². The van der Waals surface area contributed by atoms with Crippen LogP contribution in [0.15, 0.2) is 24.3 Å². The number of carbonyl (C=O) groups excluding carboxylic acids is 1. The van der Waals surface area contributed by atoms with Crippen LogP contribution in [0, 0.1) is 5.92 Å². The number of benzene rings is 1. The van der Waals surface area contributed by atoms with Crippen molar-refractivity contribution < 1.29 is 9.53 Å². The average Bonchev–Trinajstić information content (AvgIpc) is 2.26. The van der Waals surface area contributed by atoms with Crippen LogP contribution in [0.2, 0.25) is 0 Å². The number of carbonyl (C=O) groups is 1. The molecule has 0 bridgehead atoms. The average molecular weight is 234 g/mol. The molecule has 17 heavy (non-hydrogen) atoms. The topological polar surface area (TPSA) is 26.3 Å². The molecule has 0 heterocycles. The van der Waals surface area contributed by atoms with Crippen LogP contribution in [0.4, 0.5) is 0 Å². The molecule has 2 nitrogen and oxygen atoms in total. The van der Waals surface area contributed by atoms with Gasteiger partial charge in [-0.05, 0) is 23.5 Å². The Labute approximate surface area is 104 Å². The lowest BCUT2D eigenvalue weighted by atomic mass is 9.97. The van der Waals surface area contributed by atoms with Gasteiger partial charge in [-0.25, -0.2) is 0 Å². The molecule has 0 aliphatic rings. The molecule has 1 aromatic rings. The summed E-state index contributed by atoms with van der Waals surface area (Å²) in [5.74, 6) is 0.722. The summed E-state index contributed by atoms with van der Waals surface area (Å²) in [6.45, 7) is 8.41. The van der Waals surface area contributed by atoms with Gasteiger partial charge < -0.3 is 4.74 Å². The molecule has 0 saturated carbocycles. The normalized spacial score (nSPS) is 12.5. The third-order valence-electron chi connectivity index (χ3n) is 2.73. The highest BCUT2D eigenvalue weighted by Crippen LogP contribution is 2.17.